The van der Waals surface area contributed by atoms with Gasteiger partial charge in [-0.1, -0.05) is 48.4 Å². The molecule has 1 heterocycles. The maximum absolute atomic E-state index is 13.0. The molecule has 1 saturated heterocycles. The largest absolute Gasteiger partial charge is 0.450 e. The minimum absolute atomic E-state index is 0.0548. The van der Waals surface area contributed by atoms with Crippen molar-refractivity contribution in [3.05, 3.63) is 58.6 Å². The van der Waals surface area contributed by atoms with Gasteiger partial charge in [-0.25, -0.2) is 0 Å². The minimum Gasteiger partial charge on any atom is -0.450 e. The number of Topliss-reactive ketones (excluding diaryl/α,β-unsaturated/α-hetero) is 1. The van der Waals surface area contributed by atoms with Crippen molar-refractivity contribution in [2.75, 3.05) is 0 Å². The van der Waals surface area contributed by atoms with E-state index in [0.717, 1.165) is 41.5 Å². The number of aryl methyl sites for hydroxylation is 1. The van der Waals surface area contributed by atoms with Gasteiger partial charge < -0.3 is 4.74 Å². The van der Waals surface area contributed by atoms with Crippen LogP contribution in [0.5, 0.6) is 0 Å². The third-order valence-electron chi connectivity index (χ3n) is 5.64. The lowest BCUT2D eigenvalue weighted by molar-refractivity contribution is -0.154. The van der Waals surface area contributed by atoms with Crippen molar-refractivity contribution < 1.29 is 14.3 Å². The molecule has 1 spiro atoms. The fourth-order valence-electron chi connectivity index (χ4n) is 4.25. The zero-order valence-corrected chi connectivity index (χ0v) is 15.5. The summed E-state index contributed by atoms with van der Waals surface area (Å²) in [6.07, 6.45) is 4.32. The minimum atomic E-state index is -0.872. The molecule has 26 heavy (non-hydrogen) atoms. The molecule has 134 valence electrons. The fraction of sp³-hybridized carbons (Fsp3) is 0.364. The Morgan fingerprint density at radius 1 is 1.00 bits per heavy atom. The molecule has 0 amide bonds. The Kier molecular flexibility index (Phi) is 4.36. The summed E-state index contributed by atoms with van der Waals surface area (Å²) in [6.45, 7) is 1.99. The summed E-state index contributed by atoms with van der Waals surface area (Å²) in [5.74, 6) is -1.23. The molecule has 0 bridgehead atoms. The molecule has 4 rings (SSSR count). The molecule has 2 aliphatic rings. The van der Waals surface area contributed by atoms with E-state index in [1.54, 1.807) is 0 Å². The van der Waals surface area contributed by atoms with E-state index >= 15 is 0 Å². The predicted molar refractivity (Wildman–Crippen MR) is 101 cm³/mol. The number of benzene rings is 2. The van der Waals surface area contributed by atoms with Gasteiger partial charge in [-0.05, 0) is 67.0 Å². The number of esters is 1. The maximum Gasteiger partial charge on any atom is 0.322 e. The van der Waals surface area contributed by atoms with E-state index in [2.05, 4.69) is 0 Å². The molecule has 4 heteroatoms. The van der Waals surface area contributed by atoms with Crippen molar-refractivity contribution in [2.24, 2.45) is 0 Å². The monoisotopic (exact) mass is 368 g/mol. The lowest BCUT2D eigenvalue weighted by Crippen LogP contribution is -2.39. The lowest BCUT2D eigenvalue weighted by atomic mass is 9.78. The van der Waals surface area contributed by atoms with Crippen molar-refractivity contribution >= 4 is 23.4 Å². The summed E-state index contributed by atoms with van der Waals surface area (Å²) in [7, 11) is 0. The van der Waals surface area contributed by atoms with Crippen LogP contribution in [0.15, 0.2) is 42.5 Å². The van der Waals surface area contributed by atoms with Gasteiger partial charge in [-0.15, -0.1) is 0 Å². The maximum atomic E-state index is 13.0. The second kappa shape index (κ2) is 6.55. The van der Waals surface area contributed by atoms with Crippen molar-refractivity contribution in [2.45, 2.75) is 50.5 Å². The molecular formula is C22H21ClO3. The Bertz CT molecular complexity index is 863. The second-order valence-electron chi connectivity index (χ2n) is 7.35. The van der Waals surface area contributed by atoms with Gasteiger partial charge in [0.15, 0.2) is 11.4 Å². The first-order chi connectivity index (χ1) is 12.5. The van der Waals surface area contributed by atoms with E-state index in [0.29, 0.717) is 17.9 Å². The third kappa shape index (κ3) is 2.84. The highest BCUT2D eigenvalue weighted by Gasteiger charge is 2.55. The van der Waals surface area contributed by atoms with Crippen LogP contribution in [0.1, 0.15) is 49.1 Å². The summed E-state index contributed by atoms with van der Waals surface area (Å²) in [5.41, 5.74) is 3.01. The number of carbonyl (C=O) groups excluding carboxylic acids is 2. The first-order valence-electron chi connectivity index (χ1n) is 9.14. The summed E-state index contributed by atoms with van der Waals surface area (Å²) in [5, 5.41) is 0.695. The Labute approximate surface area is 158 Å². The van der Waals surface area contributed by atoms with E-state index in [1.807, 2.05) is 49.4 Å². The van der Waals surface area contributed by atoms with E-state index in [1.165, 1.54) is 0 Å². The van der Waals surface area contributed by atoms with Crippen LogP contribution in [0.25, 0.3) is 11.1 Å². The molecule has 1 aliphatic carbocycles. The third-order valence-corrected chi connectivity index (χ3v) is 5.90. The van der Waals surface area contributed by atoms with Gasteiger partial charge in [0.05, 0.1) is 0 Å². The molecule has 1 aliphatic heterocycles. The molecule has 1 saturated carbocycles. The van der Waals surface area contributed by atoms with Crippen LogP contribution in [-0.2, 0) is 14.3 Å². The fourth-order valence-corrected chi connectivity index (χ4v) is 4.38. The lowest BCUT2D eigenvalue weighted by Gasteiger charge is -2.29. The van der Waals surface area contributed by atoms with Crippen LogP contribution in [0.3, 0.4) is 0 Å². The standard InChI is InChI=1S/C22H21ClO3/c1-14-13-16(7-10-18(14)15-5-8-17(23)9-6-15)19-20(24)22(26-21(19)25)11-3-2-4-12-22/h5-10,13,19H,2-4,11-12H2,1H3. The summed E-state index contributed by atoms with van der Waals surface area (Å²) in [6, 6.07) is 13.4. The quantitative estimate of drug-likeness (QED) is 0.538. The van der Waals surface area contributed by atoms with Gasteiger partial charge in [-0.3, -0.25) is 9.59 Å². The molecule has 0 aromatic heterocycles. The highest BCUT2D eigenvalue weighted by Crippen LogP contribution is 2.43. The van der Waals surface area contributed by atoms with E-state index in [4.69, 9.17) is 16.3 Å². The smallest absolute Gasteiger partial charge is 0.322 e. The summed E-state index contributed by atoms with van der Waals surface area (Å²) >= 11 is 5.96. The van der Waals surface area contributed by atoms with Crippen molar-refractivity contribution in [3.63, 3.8) is 0 Å². The summed E-state index contributed by atoms with van der Waals surface area (Å²) in [4.78, 5) is 25.5. The van der Waals surface area contributed by atoms with E-state index in [9.17, 15) is 9.59 Å². The van der Waals surface area contributed by atoms with Crippen LogP contribution in [0, 0.1) is 6.92 Å². The van der Waals surface area contributed by atoms with Crippen molar-refractivity contribution in [1.29, 1.82) is 0 Å². The molecule has 2 fully saturated rings. The predicted octanol–water partition coefficient (Wildman–Crippen LogP) is 5.23. The number of halogens is 1. The molecule has 2 aromatic carbocycles. The number of carbonyl (C=O) groups is 2. The van der Waals surface area contributed by atoms with Crippen molar-refractivity contribution in [3.8, 4) is 11.1 Å². The Balaban J connectivity index is 1.66. The molecule has 2 aromatic rings. The SMILES string of the molecule is Cc1cc(C2C(=O)OC3(CCCCC3)C2=O)ccc1-c1ccc(Cl)cc1. The molecule has 0 radical (unpaired) electrons. The molecule has 3 nitrogen and oxygen atoms in total. The summed E-state index contributed by atoms with van der Waals surface area (Å²) < 4.78 is 5.63. The first-order valence-corrected chi connectivity index (χ1v) is 9.52. The van der Waals surface area contributed by atoms with Crippen molar-refractivity contribution in [1.82, 2.24) is 0 Å². The zero-order chi connectivity index (χ0) is 18.3. The van der Waals surface area contributed by atoms with Gasteiger partial charge in [0.2, 0.25) is 0 Å². The van der Waals surface area contributed by atoms with Gasteiger partial charge in [0.25, 0.3) is 0 Å². The van der Waals surface area contributed by atoms with Gasteiger partial charge in [0.1, 0.15) is 5.92 Å². The topological polar surface area (TPSA) is 43.4 Å². The van der Waals surface area contributed by atoms with Crippen LogP contribution in [0.4, 0.5) is 0 Å². The number of ether oxygens (including phenoxy) is 1. The highest BCUT2D eigenvalue weighted by molar-refractivity contribution is 6.30. The second-order valence-corrected chi connectivity index (χ2v) is 7.79. The van der Waals surface area contributed by atoms with Crippen LogP contribution < -0.4 is 0 Å². The van der Waals surface area contributed by atoms with Crippen LogP contribution >= 0.6 is 11.6 Å². The van der Waals surface area contributed by atoms with Gasteiger partial charge in [-0.2, -0.15) is 0 Å². The number of rotatable bonds is 2. The van der Waals surface area contributed by atoms with Gasteiger partial charge in [0, 0.05) is 5.02 Å². The van der Waals surface area contributed by atoms with Crippen LogP contribution in [-0.4, -0.2) is 17.4 Å². The Morgan fingerprint density at radius 3 is 2.35 bits per heavy atom. The highest BCUT2D eigenvalue weighted by atomic mass is 35.5. The molecular weight excluding hydrogens is 348 g/mol. The Morgan fingerprint density at radius 2 is 1.69 bits per heavy atom. The average molecular weight is 369 g/mol. The number of hydrogen-bond donors (Lipinski definition) is 0. The zero-order valence-electron chi connectivity index (χ0n) is 14.8. The van der Waals surface area contributed by atoms with Crippen LogP contribution in [0.2, 0.25) is 5.02 Å². The molecule has 1 unspecified atom stereocenters. The Hall–Kier alpha value is -2.13. The van der Waals surface area contributed by atoms with E-state index < -0.39 is 17.5 Å². The molecule has 0 N–H and O–H groups in total. The first kappa shape index (κ1) is 17.3. The number of ketones is 1. The number of hydrogen-bond acceptors (Lipinski definition) is 3. The van der Waals surface area contributed by atoms with Gasteiger partial charge >= 0.3 is 5.97 Å². The van der Waals surface area contributed by atoms with E-state index in [-0.39, 0.29) is 5.78 Å². The normalized spacial score (nSPS) is 21.8. The average Bonchev–Trinajstić information content (AvgIpc) is 2.86. The molecule has 1 atom stereocenters.